The molecular weight excluding hydrogens is 356 g/mol. The standard InChI is InChI=1S/C22H26N2O4/c1-16-4-2-5-18(12-16)15-28-20-9-7-17(8-10-20)13-23-22(27)24-11-3-6-19(14-24)21(25)26/h2,4-5,7-10,12,19H,3,6,11,13-15H2,1H3,(H,23,27)(H,25,26). The van der Waals surface area contributed by atoms with E-state index in [0.29, 0.717) is 26.1 Å². The molecular formula is C22H26N2O4. The fourth-order valence-corrected chi connectivity index (χ4v) is 3.32. The van der Waals surface area contributed by atoms with Gasteiger partial charge in [-0.15, -0.1) is 0 Å². The number of hydrogen-bond acceptors (Lipinski definition) is 3. The number of benzene rings is 2. The third-order valence-electron chi connectivity index (χ3n) is 4.91. The molecule has 0 radical (unpaired) electrons. The molecule has 148 valence electrons. The van der Waals surface area contributed by atoms with Gasteiger partial charge in [0.2, 0.25) is 0 Å². The first-order valence-electron chi connectivity index (χ1n) is 9.54. The zero-order chi connectivity index (χ0) is 19.9. The molecule has 1 saturated heterocycles. The molecule has 1 aliphatic heterocycles. The molecule has 1 atom stereocenters. The fraction of sp³-hybridized carbons (Fsp3) is 0.364. The van der Waals surface area contributed by atoms with Gasteiger partial charge in [0.1, 0.15) is 12.4 Å². The minimum atomic E-state index is -0.834. The van der Waals surface area contributed by atoms with E-state index in [1.165, 1.54) is 5.56 Å². The highest BCUT2D eigenvalue weighted by Gasteiger charge is 2.27. The lowest BCUT2D eigenvalue weighted by atomic mass is 9.99. The van der Waals surface area contributed by atoms with Crippen LogP contribution in [0.3, 0.4) is 0 Å². The molecule has 6 heteroatoms. The van der Waals surface area contributed by atoms with E-state index in [0.717, 1.165) is 23.3 Å². The molecule has 1 unspecified atom stereocenters. The van der Waals surface area contributed by atoms with Gasteiger partial charge in [0, 0.05) is 19.6 Å². The van der Waals surface area contributed by atoms with Crippen molar-refractivity contribution in [3.8, 4) is 5.75 Å². The number of rotatable bonds is 6. The number of aliphatic carboxylic acids is 1. The van der Waals surface area contributed by atoms with Crippen molar-refractivity contribution in [2.75, 3.05) is 13.1 Å². The Labute approximate surface area is 165 Å². The van der Waals surface area contributed by atoms with Crippen LogP contribution in [0.15, 0.2) is 48.5 Å². The maximum Gasteiger partial charge on any atom is 0.317 e. The number of nitrogens with zero attached hydrogens (tertiary/aromatic N) is 1. The Kier molecular flexibility index (Phi) is 6.53. The molecule has 0 bridgehead atoms. The van der Waals surface area contributed by atoms with Crippen LogP contribution in [0.1, 0.15) is 29.5 Å². The van der Waals surface area contributed by atoms with Crippen molar-refractivity contribution in [3.63, 3.8) is 0 Å². The third kappa shape index (κ3) is 5.49. The molecule has 2 amide bonds. The largest absolute Gasteiger partial charge is 0.489 e. The normalized spacial score (nSPS) is 16.5. The van der Waals surface area contributed by atoms with Crippen molar-refractivity contribution < 1.29 is 19.4 Å². The quantitative estimate of drug-likeness (QED) is 0.800. The first-order valence-corrected chi connectivity index (χ1v) is 9.54. The SMILES string of the molecule is Cc1cccc(COc2ccc(CNC(=O)N3CCCC(C(=O)O)C3)cc2)c1. The second kappa shape index (κ2) is 9.26. The number of amides is 2. The average Bonchev–Trinajstić information content (AvgIpc) is 2.71. The number of likely N-dealkylation sites (tertiary alicyclic amines) is 1. The van der Waals surface area contributed by atoms with Crippen molar-refractivity contribution >= 4 is 12.0 Å². The highest BCUT2D eigenvalue weighted by atomic mass is 16.5. The van der Waals surface area contributed by atoms with Crippen LogP contribution < -0.4 is 10.1 Å². The van der Waals surface area contributed by atoms with Crippen LogP contribution in [0.2, 0.25) is 0 Å². The monoisotopic (exact) mass is 382 g/mol. The minimum Gasteiger partial charge on any atom is -0.489 e. The number of carbonyl (C=O) groups is 2. The second-order valence-corrected chi connectivity index (χ2v) is 7.20. The van der Waals surface area contributed by atoms with Gasteiger partial charge in [-0.1, -0.05) is 42.0 Å². The highest BCUT2D eigenvalue weighted by Crippen LogP contribution is 2.17. The zero-order valence-corrected chi connectivity index (χ0v) is 16.1. The van der Waals surface area contributed by atoms with Gasteiger partial charge in [-0.3, -0.25) is 4.79 Å². The molecule has 3 rings (SSSR count). The molecule has 1 fully saturated rings. The van der Waals surface area contributed by atoms with Gasteiger partial charge in [0.05, 0.1) is 5.92 Å². The van der Waals surface area contributed by atoms with E-state index in [4.69, 9.17) is 9.84 Å². The predicted octanol–water partition coefficient (Wildman–Crippen LogP) is 3.58. The molecule has 0 spiro atoms. The number of carboxylic acid groups (broad SMARTS) is 1. The summed E-state index contributed by atoms with van der Waals surface area (Å²) < 4.78 is 5.81. The molecule has 2 aromatic carbocycles. The number of aryl methyl sites for hydroxylation is 1. The van der Waals surface area contributed by atoms with Gasteiger partial charge in [0.15, 0.2) is 0 Å². The van der Waals surface area contributed by atoms with E-state index >= 15 is 0 Å². The van der Waals surface area contributed by atoms with Gasteiger partial charge in [0.25, 0.3) is 0 Å². The summed E-state index contributed by atoms with van der Waals surface area (Å²) in [4.78, 5) is 25.0. The number of ether oxygens (including phenoxy) is 1. The van der Waals surface area contributed by atoms with Crippen molar-refractivity contribution in [2.24, 2.45) is 5.92 Å². The van der Waals surface area contributed by atoms with E-state index < -0.39 is 11.9 Å². The maximum absolute atomic E-state index is 12.3. The summed E-state index contributed by atoms with van der Waals surface area (Å²) in [5, 5.41) is 12.0. The average molecular weight is 382 g/mol. The third-order valence-corrected chi connectivity index (χ3v) is 4.91. The summed E-state index contributed by atoms with van der Waals surface area (Å²) >= 11 is 0. The molecule has 6 nitrogen and oxygen atoms in total. The first-order chi connectivity index (χ1) is 13.5. The molecule has 1 heterocycles. The summed E-state index contributed by atoms with van der Waals surface area (Å²) in [6, 6.07) is 15.6. The first kappa shape index (κ1) is 19.7. The zero-order valence-electron chi connectivity index (χ0n) is 16.1. The molecule has 0 aliphatic carbocycles. The predicted molar refractivity (Wildman–Crippen MR) is 106 cm³/mol. The maximum atomic E-state index is 12.3. The van der Waals surface area contributed by atoms with Crippen molar-refractivity contribution in [1.82, 2.24) is 10.2 Å². The molecule has 0 saturated carbocycles. The summed E-state index contributed by atoms with van der Waals surface area (Å²) in [5.41, 5.74) is 3.29. The van der Waals surface area contributed by atoms with E-state index in [1.54, 1.807) is 4.90 Å². The van der Waals surface area contributed by atoms with Crippen LogP contribution >= 0.6 is 0 Å². The van der Waals surface area contributed by atoms with Gasteiger partial charge in [-0.05, 0) is 43.0 Å². The van der Waals surface area contributed by atoms with Crippen LogP contribution in [-0.2, 0) is 17.9 Å². The highest BCUT2D eigenvalue weighted by molar-refractivity contribution is 5.76. The van der Waals surface area contributed by atoms with Crippen LogP contribution in [0.5, 0.6) is 5.75 Å². The Morgan fingerprint density at radius 2 is 1.96 bits per heavy atom. The number of carboxylic acids is 1. The van der Waals surface area contributed by atoms with Gasteiger partial charge >= 0.3 is 12.0 Å². The molecule has 2 aromatic rings. The molecule has 0 aromatic heterocycles. The van der Waals surface area contributed by atoms with Crippen molar-refractivity contribution in [2.45, 2.75) is 32.9 Å². The lowest BCUT2D eigenvalue weighted by Gasteiger charge is -2.30. The summed E-state index contributed by atoms with van der Waals surface area (Å²) in [7, 11) is 0. The number of urea groups is 1. The van der Waals surface area contributed by atoms with Crippen LogP contribution in [0, 0.1) is 12.8 Å². The van der Waals surface area contributed by atoms with E-state index in [9.17, 15) is 9.59 Å². The van der Waals surface area contributed by atoms with Crippen LogP contribution in [0.4, 0.5) is 4.79 Å². The second-order valence-electron chi connectivity index (χ2n) is 7.20. The lowest BCUT2D eigenvalue weighted by Crippen LogP contribution is -2.46. The minimum absolute atomic E-state index is 0.217. The Bertz CT molecular complexity index is 820. The summed E-state index contributed by atoms with van der Waals surface area (Å²) in [6.07, 6.45) is 1.35. The molecule has 1 aliphatic rings. The Balaban J connectivity index is 1.46. The number of hydrogen-bond donors (Lipinski definition) is 2. The van der Waals surface area contributed by atoms with Crippen molar-refractivity contribution in [1.29, 1.82) is 0 Å². The number of piperidine rings is 1. The summed E-state index contributed by atoms with van der Waals surface area (Å²) in [5.74, 6) is -0.528. The number of nitrogens with one attached hydrogen (secondary N) is 1. The fourth-order valence-electron chi connectivity index (χ4n) is 3.32. The van der Waals surface area contributed by atoms with Gasteiger partial charge in [-0.2, -0.15) is 0 Å². The topological polar surface area (TPSA) is 78.9 Å². The lowest BCUT2D eigenvalue weighted by molar-refractivity contribution is -0.143. The van der Waals surface area contributed by atoms with E-state index in [-0.39, 0.29) is 12.6 Å². The molecule has 2 N–H and O–H groups in total. The molecule has 28 heavy (non-hydrogen) atoms. The Hall–Kier alpha value is -3.02. The van der Waals surface area contributed by atoms with Gasteiger partial charge < -0.3 is 20.1 Å². The van der Waals surface area contributed by atoms with Crippen molar-refractivity contribution in [3.05, 3.63) is 65.2 Å². The summed E-state index contributed by atoms with van der Waals surface area (Å²) in [6.45, 7) is 3.83. The Morgan fingerprint density at radius 1 is 1.18 bits per heavy atom. The number of carbonyl (C=O) groups excluding carboxylic acids is 1. The van der Waals surface area contributed by atoms with Crippen LogP contribution in [0.25, 0.3) is 0 Å². The van der Waals surface area contributed by atoms with E-state index in [1.807, 2.05) is 36.4 Å². The van der Waals surface area contributed by atoms with Crippen LogP contribution in [-0.4, -0.2) is 35.1 Å². The smallest absolute Gasteiger partial charge is 0.317 e. The van der Waals surface area contributed by atoms with E-state index in [2.05, 4.69) is 24.4 Å². The Morgan fingerprint density at radius 3 is 2.68 bits per heavy atom. The van der Waals surface area contributed by atoms with Gasteiger partial charge in [-0.25, -0.2) is 4.79 Å².